The van der Waals surface area contributed by atoms with E-state index in [4.69, 9.17) is 11.6 Å². The highest BCUT2D eigenvalue weighted by atomic mass is 35.5. The minimum atomic E-state index is -3.65. The summed E-state index contributed by atoms with van der Waals surface area (Å²) in [6.07, 6.45) is 6.60. The van der Waals surface area contributed by atoms with Crippen LogP contribution in [-0.4, -0.2) is 38.3 Å². The molecule has 0 radical (unpaired) electrons. The van der Waals surface area contributed by atoms with E-state index in [1.54, 1.807) is 6.07 Å². The lowest BCUT2D eigenvalue weighted by molar-refractivity contribution is -0.121. The number of hydrogen-bond donors (Lipinski definition) is 1. The van der Waals surface area contributed by atoms with Crippen LogP contribution in [0.1, 0.15) is 38.5 Å². The van der Waals surface area contributed by atoms with Crippen LogP contribution in [0.25, 0.3) is 0 Å². The van der Waals surface area contributed by atoms with E-state index in [1.807, 2.05) is 0 Å². The molecule has 1 amide bonds. The molecule has 0 atom stereocenters. The number of thiophene rings is 1. The van der Waals surface area contributed by atoms with E-state index in [9.17, 15) is 13.2 Å². The van der Waals surface area contributed by atoms with E-state index >= 15 is 0 Å². The quantitative estimate of drug-likeness (QED) is 0.817. The minimum Gasteiger partial charge on any atom is -0.352 e. The molecular formula is C14H21ClN2O3S2. The number of hydrogen-bond acceptors (Lipinski definition) is 4. The van der Waals surface area contributed by atoms with Crippen molar-refractivity contribution < 1.29 is 13.2 Å². The second-order valence-electron chi connectivity index (χ2n) is 5.58. The van der Waals surface area contributed by atoms with Gasteiger partial charge in [-0.25, -0.2) is 8.42 Å². The number of likely N-dealkylation sites (N-methyl/N-ethyl adjacent to an activating group) is 1. The van der Waals surface area contributed by atoms with Gasteiger partial charge in [-0.1, -0.05) is 37.3 Å². The molecule has 1 heterocycles. The van der Waals surface area contributed by atoms with Gasteiger partial charge in [0.25, 0.3) is 10.0 Å². The van der Waals surface area contributed by atoms with E-state index in [2.05, 4.69) is 5.32 Å². The Hall–Kier alpha value is -0.630. The smallest absolute Gasteiger partial charge is 0.252 e. The minimum absolute atomic E-state index is 0.155. The SMILES string of the molecule is CN(CC(=O)NC1CCCCCC1)S(=O)(=O)c1ccc(Cl)s1. The van der Waals surface area contributed by atoms with Gasteiger partial charge in [-0.2, -0.15) is 4.31 Å². The second kappa shape index (κ2) is 7.77. The highest BCUT2D eigenvalue weighted by molar-refractivity contribution is 7.91. The van der Waals surface area contributed by atoms with Crippen molar-refractivity contribution in [1.82, 2.24) is 9.62 Å². The lowest BCUT2D eigenvalue weighted by Gasteiger charge is -2.19. The van der Waals surface area contributed by atoms with Crippen molar-refractivity contribution in [2.24, 2.45) is 0 Å². The van der Waals surface area contributed by atoms with Gasteiger partial charge in [0.15, 0.2) is 0 Å². The van der Waals surface area contributed by atoms with Crippen LogP contribution in [0.2, 0.25) is 4.34 Å². The molecule has 1 aromatic heterocycles. The summed E-state index contributed by atoms with van der Waals surface area (Å²) in [7, 11) is -2.24. The predicted octanol–water partition coefficient (Wildman–Crippen LogP) is 2.86. The Balaban J connectivity index is 1.92. The van der Waals surface area contributed by atoms with Crippen LogP contribution >= 0.6 is 22.9 Å². The Labute approximate surface area is 140 Å². The van der Waals surface area contributed by atoms with Crippen molar-refractivity contribution in [3.63, 3.8) is 0 Å². The lowest BCUT2D eigenvalue weighted by atomic mass is 10.1. The third-order valence-electron chi connectivity index (χ3n) is 3.80. The van der Waals surface area contributed by atoms with E-state index in [0.29, 0.717) is 4.34 Å². The molecule has 1 aliphatic rings. The molecule has 22 heavy (non-hydrogen) atoms. The zero-order valence-corrected chi connectivity index (χ0v) is 14.9. The first kappa shape index (κ1) is 17.7. The number of sulfonamides is 1. The van der Waals surface area contributed by atoms with Crippen molar-refractivity contribution in [3.05, 3.63) is 16.5 Å². The fraction of sp³-hybridized carbons (Fsp3) is 0.643. The summed E-state index contributed by atoms with van der Waals surface area (Å²) in [4.78, 5) is 12.1. The molecule has 1 N–H and O–H groups in total. The molecule has 1 saturated carbocycles. The van der Waals surface area contributed by atoms with Crippen LogP contribution in [0, 0.1) is 0 Å². The summed E-state index contributed by atoms with van der Waals surface area (Å²) in [6, 6.07) is 3.17. The van der Waals surface area contributed by atoms with Crippen LogP contribution in [0.5, 0.6) is 0 Å². The van der Waals surface area contributed by atoms with Crippen LogP contribution in [0.4, 0.5) is 0 Å². The molecule has 1 aliphatic carbocycles. The maximum atomic E-state index is 12.3. The molecule has 0 aromatic carbocycles. The molecule has 0 spiro atoms. The Morgan fingerprint density at radius 2 is 1.95 bits per heavy atom. The number of carbonyl (C=O) groups is 1. The van der Waals surface area contributed by atoms with E-state index in [0.717, 1.165) is 41.3 Å². The number of nitrogens with zero attached hydrogens (tertiary/aromatic N) is 1. The molecule has 0 bridgehead atoms. The fourth-order valence-corrected chi connectivity index (χ4v) is 5.39. The second-order valence-corrected chi connectivity index (χ2v) is 9.56. The lowest BCUT2D eigenvalue weighted by Crippen LogP contribution is -2.42. The Bertz CT molecular complexity index is 607. The van der Waals surface area contributed by atoms with Crippen molar-refractivity contribution >= 4 is 38.9 Å². The molecule has 0 unspecified atom stereocenters. The van der Waals surface area contributed by atoms with Crippen LogP contribution in [-0.2, 0) is 14.8 Å². The van der Waals surface area contributed by atoms with E-state index < -0.39 is 10.0 Å². The normalized spacial score (nSPS) is 17.4. The predicted molar refractivity (Wildman–Crippen MR) is 88.8 cm³/mol. The third-order valence-corrected chi connectivity index (χ3v) is 7.30. The van der Waals surface area contributed by atoms with Gasteiger partial charge in [-0.05, 0) is 25.0 Å². The molecule has 8 heteroatoms. The molecule has 0 saturated heterocycles. The van der Waals surface area contributed by atoms with Crippen molar-refractivity contribution in [1.29, 1.82) is 0 Å². The number of nitrogens with one attached hydrogen (secondary N) is 1. The summed E-state index contributed by atoms with van der Waals surface area (Å²) >= 11 is 6.77. The van der Waals surface area contributed by atoms with Crippen molar-refractivity contribution in [3.8, 4) is 0 Å². The molecule has 1 aromatic rings. The largest absolute Gasteiger partial charge is 0.352 e. The molecule has 2 rings (SSSR count). The van der Waals surface area contributed by atoms with Gasteiger partial charge in [0.2, 0.25) is 5.91 Å². The van der Waals surface area contributed by atoms with Crippen molar-refractivity contribution in [2.45, 2.75) is 48.8 Å². The van der Waals surface area contributed by atoms with Crippen LogP contribution in [0.15, 0.2) is 16.3 Å². The molecule has 1 fully saturated rings. The van der Waals surface area contributed by atoms with Gasteiger partial charge in [-0.15, -0.1) is 11.3 Å². The molecular weight excluding hydrogens is 344 g/mol. The number of amides is 1. The average molecular weight is 365 g/mol. The van der Waals surface area contributed by atoms with Gasteiger partial charge in [0, 0.05) is 13.1 Å². The zero-order chi connectivity index (χ0) is 16.2. The molecule has 5 nitrogen and oxygen atoms in total. The fourth-order valence-electron chi connectivity index (χ4n) is 2.57. The molecule has 124 valence electrons. The third kappa shape index (κ3) is 4.68. The Kier molecular flexibility index (Phi) is 6.26. The van der Waals surface area contributed by atoms with Crippen LogP contribution in [0.3, 0.4) is 0 Å². The summed E-state index contributed by atoms with van der Waals surface area (Å²) in [6.45, 7) is -0.172. The monoisotopic (exact) mass is 364 g/mol. The summed E-state index contributed by atoms with van der Waals surface area (Å²) < 4.78 is 26.3. The first-order chi connectivity index (χ1) is 10.4. The summed E-state index contributed by atoms with van der Waals surface area (Å²) in [5.41, 5.74) is 0. The first-order valence-corrected chi connectivity index (χ1v) is 10.0. The molecule has 0 aliphatic heterocycles. The van der Waals surface area contributed by atoms with Crippen molar-refractivity contribution in [2.75, 3.05) is 13.6 Å². The number of rotatable bonds is 5. The maximum Gasteiger partial charge on any atom is 0.252 e. The zero-order valence-electron chi connectivity index (χ0n) is 12.5. The standard InChI is InChI=1S/C14H21ClN2O3S2/c1-17(22(19,20)14-9-8-12(15)21-14)10-13(18)16-11-6-4-2-3-5-7-11/h8-9,11H,2-7,10H2,1H3,(H,16,18). The van der Waals surface area contributed by atoms with Gasteiger partial charge in [-0.3, -0.25) is 4.79 Å². The highest BCUT2D eigenvalue weighted by Crippen LogP contribution is 2.27. The van der Waals surface area contributed by atoms with Gasteiger partial charge >= 0.3 is 0 Å². The summed E-state index contributed by atoms with van der Waals surface area (Å²) in [5.74, 6) is -0.249. The topological polar surface area (TPSA) is 66.5 Å². The van der Waals surface area contributed by atoms with E-state index in [-0.39, 0.29) is 22.7 Å². The number of carbonyl (C=O) groups excluding carboxylic acids is 1. The first-order valence-electron chi connectivity index (χ1n) is 7.40. The van der Waals surface area contributed by atoms with E-state index in [1.165, 1.54) is 26.0 Å². The Morgan fingerprint density at radius 3 is 2.50 bits per heavy atom. The average Bonchev–Trinajstić information content (AvgIpc) is 2.73. The van der Waals surface area contributed by atoms with Crippen LogP contribution < -0.4 is 5.32 Å². The van der Waals surface area contributed by atoms with Gasteiger partial charge in [0.1, 0.15) is 4.21 Å². The maximum absolute atomic E-state index is 12.3. The number of halogens is 1. The van der Waals surface area contributed by atoms with Gasteiger partial charge < -0.3 is 5.32 Å². The Morgan fingerprint density at radius 1 is 1.32 bits per heavy atom. The highest BCUT2D eigenvalue weighted by Gasteiger charge is 2.25. The summed E-state index contributed by atoms with van der Waals surface area (Å²) in [5, 5.41) is 2.95. The van der Waals surface area contributed by atoms with Gasteiger partial charge in [0.05, 0.1) is 10.9 Å².